The first kappa shape index (κ1) is 14.8. The van der Waals surface area contributed by atoms with Crippen molar-refractivity contribution in [2.75, 3.05) is 25.1 Å². The zero-order chi connectivity index (χ0) is 16.5. The summed E-state index contributed by atoms with van der Waals surface area (Å²) >= 11 is 0. The summed E-state index contributed by atoms with van der Waals surface area (Å²) in [6, 6.07) is 11.7. The topological polar surface area (TPSA) is 71.4 Å². The first-order valence-electron chi connectivity index (χ1n) is 7.95. The highest BCUT2D eigenvalue weighted by atomic mass is 16.5. The third kappa shape index (κ3) is 2.65. The minimum absolute atomic E-state index is 0.291. The third-order valence-electron chi connectivity index (χ3n) is 4.25. The van der Waals surface area contributed by atoms with E-state index in [9.17, 15) is 5.11 Å². The van der Waals surface area contributed by atoms with E-state index in [0.29, 0.717) is 18.2 Å². The molecule has 4 rings (SSSR count). The maximum absolute atomic E-state index is 9.73. The van der Waals surface area contributed by atoms with Crippen LogP contribution in [0.3, 0.4) is 0 Å². The van der Waals surface area contributed by atoms with Gasteiger partial charge in [0.05, 0.1) is 24.3 Å². The Bertz CT molecular complexity index is 884. The number of methoxy groups -OCH3 is 1. The lowest BCUT2D eigenvalue weighted by molar-refractivity contribution is 0.198. The van der Waals surface area contributed by atoms with E-state index in [0.717, 1.165) is 35.2 Å². The molecule has 3 heterocycles. The van der Waals surface area contributed by atoms with Crippen molar-refractivity contribution in [3.05, 3.63) is 42.6 Å². The van der Waals surface area contributed by atoms with E-state index >= 15 is 0 Å². The Morgan fingerprint density at radius 1 is 1.21 bits per heavy atom. The molecule has 2 aromatic heterocycles. The monoisotopic (exact) mass is 322 g/mol. The summed E-state index contributed by atoms with van der Waals surface area (Å²) in [7, 11) is 1.60. The van der Waals surface area contributed by atoms with Gasteiger partial charge in [0.25, 0.3) is 0 Å². The van der Waals surface area contributed by atoms with Gasteiger partial charge in [0.1, 0.15) is 5.82 Å². The lowest BCUT2D eigenvalue weighted by Crippen LogP contribution is -2.22. The molecule has 0 saturated carbocycles. The van der Waals surface area contributed by atoms with Crippen LogP contribution in [0.4, 0.5) is 5.82 Å². The van der Waals surface area contributed by atoms with Crippen molar-refractivity contribution < 1.29 is 9.84 Å². The van der Waals surface area contributed by atoms with Crippen LogP contribution in [0.25, 0.3) is 22.3 Å². The summed E-state index contributed by atoms with van der Waals surface area (Å²) in [5.74, 6) is 1.89. The highest BCUT2D eigenvalue weighted by Gasteiger charge is 2.22. The summed E-state index contributed by atoms with van der Waals surface area (Å²) < 4.78 is 5.45. The number of para-hydroxylation sites is 1. The Kier molecular flexibility index (Phi) is 3.74. The molecule has 1 N–H and O–H groups in total. The number of anilines is 1. The molecule has 0 bridgehead atoms. The minimum atomic E-state index is -0.291. The van der Waals surface area contributed by atoms with Crippen LogP contribution >= 0.6 is 0 Å². The summed E-state index contributed by atoms with van der Waals surface area (Å²) in [6.45, 7) is 1.40. The van der Waals surface area contributed by atoms with E-state index in [1.807, 2.05) is 36.4 Å². The third-order valence-corrected chi connectivity index (χ3v) is 4.25. The minimum Gasteiger partial charge on any atom is -0.480 e. The second-order valence-corrected chi connectivity index (χ2v) is 5.86. The fourth-order valence-corrected chi connectivity index (χ4v) is 3.02. The van der Waals surface area contributed by atoms with Gasteiger partial charge in [0.15, 0.2) is 5.82 Å². The molecule has 1 aromatic carbocycles. The summed E-state index contributed by atoms with van der Waals surface area (Å²) in [4.78, 5) is 15.7. The van der Waals surface area contributed by atoms with Crippen molar-refractivity contribution in [1.29, 1.82) is 0 Å². The number of hydrogen-bond donors (Lipinski definition) is 1. The van der Waals surface area contributed by atoms with Crippen LogP contribution in [0.15, 0.2) is 42.6 Å². The van der Waals surface area contributed by atoms with E-state index in [-0.39, 0.29) is 6.10 Å². The molecule has 3 aromatic rings. The highest BCUT2D eigenvalue weighted by Crippen LogP contribution is 2.30. The van der Waals surface area contributed by atoms with Crippen LogP contribution in [0.5, 0.6) is 5.88 Å². The van der Waals surface area contributed by atoms with Gasteiger partial charge in [0, 0.05) is 24.7 Å². The molecule has 6 nitrogen and oxygen atoms in total. The van der Waals surface area contributed by atoms with Crippen LogP contribution in [0, 0.1) is 0 Å². The maximum atomic E-state index is 9.73. The Morgan fingerprint density at radius 2 is 2.08 bits per heavy atom. The van der Waals surface area contributed by atoms with Crippen LogP contribution in [-0.4, -0.2) is 46.4 Å². The normalized spacial score (nSPS) is 17.4. The van der Waals surface area contributed by atoms with E-state index in [4.69, 9.17) is 4.74 Å². The van der Waals surface area contributed by atoms with Gasteiger partial charge in [-0.2, -0.15) is 0 Å². The summed E-state index contributed by atoms with van der Waals surface area (Å²) in [5.41, 5.74) is 1.63. The van der Waals surface area contributed by atoms with Gasteiger partial charge in [-0.05, 0) is 24.6 Å². The lowest BCUT2D eigenvalue weighted by atomic mass is 10.1. The Balaban J connectivity index is 1.79. The molecule has 1 saturated heterocycles. The van der Waals surface area contributed by atoms with Crippen LogP contribution in [-0.2, 0) is 0 Å². The molecule has 122 valence electrons. The van der Waals surface area contributed by atoms with Crippen LogP contribution in [0.1, 0.15) is 6.42 Å². The molecule has 0 spiro atoms. The van der Waals surface area contributed by atoms with Gasteiger partial charge in [-0.1, -0.05) is 18.2 Å². The van der Waals surface area contributed by atoms with Crippen molar-refractivity contribution in [2.24, 2.45) is 0 Å². The zero-order valence-electron chi connectivity index (χ0n) is 13.4. The number of aromatic nitrogens is 3. The van der Waals surface area contributed by atoms with Gasteiger partial charge >= 0.3 is 0 Å². The molecule has 0 amide bonds. The van der Waals surface area contributed by atoms with E-state index in [2.05, 4.69) is 19.9 Å². The number of ether oxygens (including phenoxy) is 1. The van der Waals surface area contributed by atoms with Gasteiger partial charge in [0.2, 0.25) is 5.88 Å². The largest absolute Gasteiger partial charge is 0.480 e. The molecule has 24 heavy (non-hydrogen) atoms. The standard InChI is InChI=1S/C18H18N4O2/c1-24-18-14(10-12-4-2-3-5-15(12)20-18)17-19-8-6-16(21-17)22-9-7-13(23)11-22/h2-6,8,10,13,23H,7,9,11H2,1H3. The van der Waals surface area contributed by atoms with Crippen LogP contribution in [0.2, 0.25) is 0 Å². The number of benzene rings is 1. The Hall–Kier alpha value is -2.73. The highest BCUT2D eigenvalue weighted by molar-refractivity contribution is 5.85. The predicted octanol–water partition coefficient (Wildman–Crippen LogP) is 2.27. The average molecular weight is 322 g/mol. The zero-order valence-corrected chi connectivity index (χ0v) is 13.4. The van der Waals surface area contributed by atoms with Crippen molar-refractivity contribution in [1.82, 2.24) is 15.0 Å². The summed E-state index contributed by atoms with van der Waals surface area (Å²) in [6.07, 6.45) is 2.21. The fraction of sp³-hybridized carbons (Fsp3) is 0.278. The summed E-state index contributed by atoms with van der Waals surface area (Å²) in [5, 5.41) is 10.7. The molecule has 1 unspecified atom stereocenters. The molecule has 1 aliphatic heterocycles. The number of fused-ring (bicyclic) bond motifs is 1. The predicted molar refractivity (Wildman–Crippen MR) is 92.2 cm³/mol. The van der Waals surface area contributed by atoms with Gasteiger partial charge in [-0.25, -0.2) is 15.0 Å². The van der Waals surface area contributed by atoms with Gasteiger partial charge in [-0.15, -0.1) is 0 Å². The average Bonchev–Trinajstić information content (AvgIpc) is 3.07. The van der Waals surface area contributed by atoms with E-state index in [1.165, 1.54) is 0 Å². The second-order valence-electron chi connectivity index (χ2n) is 5.86. The number of β-amino-alcohol motifs (C(OH)–C–C–N with tert-alkyl or cyclic N) is 1. The van der Waals surface area contributed by atoms with E-state index in [1.54, 1.807) is 13.3 Å². The molecule has 0 radical (unpaired) electrons. The number of hydrogen-bond acceptors (Lipinski definition) is 6. The van der Waals surface area contributed by atoms with Gasteiger partial charge < -0.3 is 14.7 Å². The van der Waals surface area contributed by atoms with Gasteiger partial charge in [-0.3, -0.25) is 0 Å². The lowest BCUT2D eigenvalue weighted by Gasteiger charge is -2.17. The fourth-order valence-electron chi connectivity index (χ4n) is 3.02. The molecule has 1 fully saturated rings. The number of aliphatic hydroxyl groups is 1. The molecular weight excluding hydrogens is 304 g/mol. The van der Waals surface area contributed by atoms with Crippen LogP contribution < -0.4 is 9.64 Å². The number of rotatable bonds is 3. The quantitative estimate of drug-likeness (QED) is 0.797. The van der Waals surface area contributed by atoms with E-state index < -0.39 is 0 Å². The van der Waals surface area contributed by atoms with Crippen molar-refractivity contribution in [3.8, 4) is 17.3 Å². The number of nitrogens with zero attached hydrogens (tertiary/aromatic N) is 4. The molecular formula is C18H18N4O2. The molecule has 1 atom stereocenters. The Morgan fingerprint density at radius 3 is 2.88 bits per heavy atom. The van der Waals surface area contributed by atoms with Crippen molar-refractivity contribution in [3.63, 3.8) is 0 Å². The first-order valence-corrected chi connectivity index (χ1v) is 7.95. The number of aliphatic hydroxyl groups excluding tert-OH is 1. The molecule has 0 aliphatic carbocycles. The van der Waals surface area contributed by atoms with Crippen molar-refractivity contribution >= 4 is 16.7 Å². The maximum Gasteiger partial charge on any atom is 0.224 e. The SMILES string of the molecule is COc1nc2ccccc2cc1-c1nccc(N2CCC(O)C2)n1. The smallest absolute Gasteiger partial charge is 0.224 e. The van der Waals surface area contributed by atoms with Crippen molar-refractivity contribution in [2.45, 2.75) is 12.5 Å². The number of pyridine rings is 1. The first-order chi connectivity index (χ1) is 11.7. The second kappa shape index (κ2) is 6.05. The molecule has 1 aliphatic rings. The Labute approximate surface area is 139 Å². The molecule has 6 heteroatoms.